The molecule has 112 valence electrons. The van der Waals surface area contributed by atoms with Crippen LogP contribution in [0.15, 0.2) is 29.9 Å². The van der Waals surface area contributed by atoms with Crippen LogP contribution in [0.2, 0.25) is 0 Å². The Labute approximate surface area is 131 Å². The van der Waals surface area contributed by atoms with E-state index in [2.05, 4.69) is 20.4 Å². The standard InChI is InChI=1S/C15H15N5OS/c1-9-4-12(22-7-9)15(21)18-13-6-14(17-8-16-13)20-11(3)5-10(2)19-20/h4-8H,1-3H3,(H,16,17,18,21). The highest BCUT2D eigenvalue weighted by molar-refractivity contribution is 7.12. The Hall–Kier alpha value is -2.54. The van der Waals surface area contributed by atoms with E-state index in [-0.39, 0.29) is 5.91 Å². The fraction of sp³-hybridized carbons (Fsp3) is 0.200. The van der Waals surface area contributed by atoms with Gasteiger partial charge < -0.3 is 5.32 Å². The molecule has 0 aliphatic carbocycles. The summed E-state index contributed by atoms with van der Waals surface area (Å²) in [5.74, 6) is 0.906. The lowest BCUT2D eigenvalue weighted by molar-refractivity contribution is 0.103. The number of nitrogens with zero attached hydrogens (tertiary/aromatic N) is 4. The quantitative estimate of drug-likeness (QED) is 0.807. The summed E-state index contributed by atoms with van der Waals surface area (Å²) in [7, 11) is 0. The van der Waals surface area contributed by atoms with E-state index < -0.39 is 0 Å². The predicted molar refractivity (Wildman–Crippen MR) is 85.6 cm³/mol. The lowest BCUT2D eigenvalue weighted by atomic mass is 10.3. The maximum Gasteiger partial charge on any atom is 0.266 e. The molecule has 1 amide bonds. The first kappa shape index (κ1) is 14.4. The molecule has 0 bridgehead atoms. The SMILES string of the molecule is Cc1csc(C(=O)Nc2cc(-n3nc(C)cc3C)ncn2)c1. The monoisotopic (exact) mass is 313 g/mol. The van der Waals surface area contributed by atoms with Crippen LogP contribution in [-0.2, 0) is 0 Å². The van der Waals surface area contributed by atoms with Gasteiger partial charge in [0, 0.05) is 11.8 Å². The molecule has 0 saturated heterocycles. The second kappa shape index (κ2) is 5.69. The van der Waals surface area contributed by atoms with Gasteiger partial charge in [0.25, 0.3) is 5.91 Å². The molecule has 1 N–H and O–H groups in total. The molecule has 0 radical (unpaired) electrons. The Balaban J connectivity index is 1.85. The van der Waals surface area contributed by atoms with E-state index in [1.54, 1.807) is 10.7 Å². The third-order valence-electron chi connectivity index (χ3n) is 3.08. The second-order valence-corrected chi connectivity index (χ2v) is 5.95. The van der Waals surface area contributed by atoms with Gasteiger partial charge in [0.2, 0.25) is 0 Å². The number of carbonyl (C=O) groups is 1. The van der Waals surface area contributed by atoms with Crippen molar-refractivity contribution in [2.24, 2.45) is 0 Å². The highest BCUT2D eigenvalue weighted by Gasteiger charge is 2.11. The van der Waals surface area contributed by atoms with Crippen LogP contribution >= 0.6 is 11.3 Å². The largest absolute Gasteiger partial charge is 0.306 e. The van der Waals surface area contributed by atoms with Crippen LogP contribution in [0.25, 0.3) is 5.82 Å². The first-order valence-corrected chi connectivity index (χ1v) is 7.63. The highest BCUT2D eigenvalue weighted by Crippen LogP contribution is 2.17. The molecule has 3 aromatic heterocycles. The maximum atomic E-state index is 12.2. The molecule has 6 nitrogen and oxygen atoms in total. The smallest absolute Gasteiger partial charge is 0.266 e. The van der Waals surface area contributed by atoms with Crippen molar-refractivity contribution in [2.45, 2.75) is 20.8 Å². The van der Waals surface area contributed by atoms with Crippen LogP contribution in [0.1, 0.15) is 26.6 Å². The van der Waals surface area contributed by atoms with Gasteiger partial charge in [-0.3, -0.25) is 4.79 Å². The molecule has 0 spiro atoms. The van der Waals surface area contributed by atoms with Gasteiger partial charge in [-0.05, 0) is 43.8 Å². The summed E-state index contributed by atoms with van der Waals surface area (Å²) in [5, 5.41) is 9.11. The minimum absolute atomic E-state index is 0.170. The topological polar surface area (TPSA) is 72.7 Å². The van der Waals surface area contributed by atoms with Gasteiger partial charge in [0.1, 0.15) is 12.1 Å². The molecule has 0 saturated carbocycles. The van der Waals surface area contributed by atoms with Gasteiger partial charge in [-0.2, -0.15) is 5.10 Å². The fourth-order valence-corrected chi connectivity index (χ4v) is 2.91. The van der Waals surface area contributed by atoms with Crippen LogP contribution < -0.4 is 5.32 Å². The van der Waals surface area contributed by atoms with Crippen LogP contribution in [-0.4, -0.2) is 25.7 Å². The van der Waals surface area contributed by atoms with Gasteiger partial charge >= 0.3 is 0 Å². The van der Waals surface area contributed by atoms with Gasteiger partial charge in [-0.1, -0.05) is 0 Å². The number of aromatic nitrogens is 4. The van der Waals surface area contributed by atoms with Crippen molar-refractivity contribution in [1.29, 1.82) is 0 Å². The van der Waals surface area contributed by atoms with E-state index in [0.29, 0.717) is 16.5 Å². The van der Waals surface area contributed by atoms with Gasteiger partial charge in [0.15, 0.2) is 5.82 Å². The number of thiophene rings is 1. The molecule has 3 heterocycles. The van der Waals surface area contributed by atoms with E-state index >= 15 is 0 Å². The Morgan fingerprint density at radius 2 is 2.00 bits per heavy atom. The number of aryl methyl sites for hydroxylation is 3. The molecule has 22 heavy (non-hydrogen) atoms. The summed E-state index contributed by atoms with van der Waals surface area (Å²) in [4.78, 5) is 21.1. The van der Waals surface area contributed by atoms with Crippen molar-refractivity contribution in [3.05, 3.63) is 51.7 Å². The van der Waals surface area contributed by atoms with Crippen LogP contribution in [0.3, 0.4) is 0 Å². The minimum Gasteiger partial charge on any atom is -0.306 e. The van der Waals surface area contributed by atoms with E-state index in [9.17, 15) is 4.79 Å². The van der Waals surface area contributed by atoms with Gasteiger partial charge in [-0.15, -0.1) is 11.3 Å². The summed E-state index contributed by atoms with van der Waals surface area (Å²) in [5.41, 5.74) is 2.96. The zero-order valence-corrected chi connectivity index (χ0v) is 13.3. The number of hydrogen-bond donors (Lipinski definition) is 1. The van der Waals surface area contributed by atoms with Crippen molar-refractivity contribution in [1.82, 2.24) is 19.7 Å². The van der Waals surface area contributed by atoms with E-state index in [1.165, 1.54) is 17.7 Å². The first-order valence-electron chi connectivity index (χ1n) is 6.75. The molecule has 0 aliphatic rings. The average molecular weight is 313 g/mol. The summed E-state index contributed by atoms with van der Waals surface area (Å²) < 4.78 is 1.72. The molecule has 0 aliphatic heterocycles. The summed E-state index contributed by atoms with van der Waals surface area (Å²) >= 11 is 1.41. The normalized spacial score (nSPS) is 10.7. The Morgan fingerprint density at radius 3 is 2.64 bits per heavy atom. The molecule has 3 aromatic rings. The molecular formula is C15H15N5OS. The Morgan fingerprint density at radius 1 is 1.18 bits per heavy atom. The Bertz CT molecular complexity index is 836. The number of amides is 1. The fourth-order valence-electron chi connectivity index (χ4n) is 2.12. The van der Waals surface area contributed by atoms with E-state index in [0.717, 1.165) is 17.0 Å². The molecule has 7 heteroatoms. The zero-order chi connectivity index (χ0) is 15.7. The predicted octanol–water partition coefficient (Wildman–Crippen LogP) is 2.90. The zero-order valence-electron chi connectivity index (χ0n) is 12.5. The van der Waals surface area contributed by atoms with Crippen molar-refractivity contribution >= 4 is 23.1 Å². The van der Waals surface area contributed by atoms with Crippen molar-refractivity contribution in [3.8, 4) is 5.82 Å². The molecule has 0 unspecified atom stereocenters. The molecule has 0 atom stereocenters. The first-order chi connectivity index (χ1) is 10.5. The maximum absolute atomic E-state index is 12.2. The van der Waals surface area contributed by atoms with Crippen molar-refractivity contribution in [3.63, 3.8) is 0 Å². The number of carbonyl (C=O) groups excluding carboxylic acids is 1. The number of hydrogen-bond acceptors (Lipinski definition) is 5. The van der Waals surface area contributed by atoms with Crippen LogP contribution in [0.4, 0.5) is 5.82 Å². The second-order valence-electron chi connectivity index (χ2n) is 5.04. The van der Waals surface area contributed by atoms with Crippen LogP contribution in [0, 0.1) is 20.8 Å². The van der Waals surface area contributed by atoms with Gasteiger partial charge in [-0.25, -0.2) is 14.6 Å². The lowest BCUT2D eigenvalue weighted by Crippen LogP contribution is -2.12. The minimum atomic E-state index is -0.170. The van der Waals surface area contributed by atoms with Gasteiger partial charge in [0.05, 0.1) is 10.6 Å². The van der Waals surface area contributed by atoms with E-state index in [4.69, 9.17) is 0 Å². The Kier molecular flexibility index (Phi) is 3.72. The molecule has 3 rings (SSSR count). The summed E-state index contributed by atoms with van der Waals surface area (Å²) in [6.07, 6.45) is 1.42. The van der Waals surface area contributed by atoms with Crippen molar-refractivity contribution < 1.29 is 4.79 Å². The lowest BCUT2D eigenvalue weighted by Gasteiger charge is -2.06. The highest BCUT2D eigenvalue weighted by atomic mass is 32.1. The number of nitrogens with one attached hydrogen (secondary N) is 1. The molecule has 0 aromatic carbocycles. The third-order valence-corrected chi connectivity index (χ3v) is 4.12. The molecule has 0 fully saturated rings. The van der Waals surface area contributed by atoms with Crippen molar-refractivity contribution in [2.75, 3.05) is 5.32 Å². The summed E-state index contributed by atoms with van der Waals surface area (Å²) in [6, 6.07) is 5.52. The average Bonchev–Trinajstić information content (AvgIpc) is 3.05. The molecular weight excluding hydrogens is 298 g/mol. The van der Waals surface area contributed by atoms with E-state index in [1.807, 2.05) is 38.3 Å². The number of rotatable bonds is 3. The summed E-state index contributed by atoms with van der Waals surface area (Å²) in [6.45, 7) is 5.83. The third kappa shape index (κ3) is 2.89. The van der Waals surface area contributed by atoms with Crippen LogP contribution in [0.5, 0.6) is 0 Å². The number of anilines is 1.